The van der Waals surface area contributed by atoms with Gasteiger partial charge in [-0.3, -0.25) is 0 Å². The van der Waals surface area contributed by atoms with Crippen LogP contribution in [0.25, 0.3) is 0 Å². The first-order valence-corrected chi connectivity index (χ1v) is 6.15. The Morgan fingerprint density at radius 2 is 1.61 bits per heavy atom. The second-order valence-corrected chi connectivity index (χ2v) is 4.97. The molecule has 2 N–H and O–H groups in total. The lowest BCUT2D eigenvalue weighted by molar-refractivity contribution is 0.442. The molecule has 0 bridgehead atoms. The average molecular weight is 305 g/mol. The Morgan fingerprint density at radius 3 is 2.06 bits per heavy atom. The van der Waals surface area contributed by atoms with Crippen LogP contribution in [0.3, 0.4) is 0 Å². The third-order valence-corrected chi connectivity index (χ3v) is 3.38. The van der Waals surface area contributed by atoms with Gasteiger partial charge < -0.3 is 5.32 Å². The zero-order chi connectivity index (χ0) is 13.1. The van der Waals surface area contributed by atoms with Crippen LogP contribution in [0.2, 0.25) is 0 Å². The van der Waals surface area contributed by atoms with Crippen molar-refractivity contribution in [3.05, 3.63) is 29.6 Å². The van der Waals surface area contributed by atoms with Crippen molar-refractivity contribution in [1.82, 2.24) is 10.0 Å². The predicted octanol–water partition coefficient (Wildman–Crippen LogP) is 1.02. The quantitative estimate of drug-likeness (QED) is 0.631. The molecule has 0 heterocycles. The molecule has 1 aromatic carbocycles. The van der Waals surface area contributed by atoms with Gasteiger partial charge in [0.15, 0.2) is 17.5 Å². The van der Waals surface area contributed by atoms with Gasteiger partial charge in [-0.2, -0.15) is 0 Å². The molecule has 0 unspecified atom stereocenters. The number of hydrogen-bond donors (Lipinski definition) is 2. The van der Waals surface area contributed by atoms with Crippen LogP contribution < -0.4 is 10.0 Å². The Bertz CT molecular complexity index is 488. The number of halogens is 4. The summed E-state index contributed by atoms with van der Waals surface area (Å²) in [4.78, 5) is -0.648. The highest BCUT2D eigenvalue weighted by atomic mass is 35.5. The largest absolute Gasteiger partial charge is 0.318 e. The van der Waals surface area contributed by atoms with Gasteiger partial charge in [-0.15, -0.1) is 12.4 Å². The number of rotatable bonds is 5. The highest BCUT2D eigenvalue weighted by Crippen LogP contribution is 2.17. The molecule has 0 aliphatic heterocycles. The molecule has 0 fully saturated rings. The van der Waals surface area contributed by atoms with Crippen LogP contribution >= 0.6 is 12.4 Å². The van der Waals surface area contributed by atoms with Crippen molar-refractivity contribution in [1.29, 1.82) is 0 Å². The molecule has 0 aromatic heterocycles. The molecule has 0 aliphatic rings. The normalized spacial score (nSPS) is 11.1. The van der Waals surface area contributed by atoms with Crippen LogP contribution in [0.5, 0.6) is 0 Å². The van der Waals surface area contributed by atoms with Gasteiger partial charge in [-0.25, -0.2) is 26.3 Å². The second kappa shape index (κ2) is 6.93. The fourth-order valence-electron chi connectivity index (χ4n) is 1.08. The fraction of sp³-hybridized carbons (Fsp3) is 0.333. The Hall–Kier alpha value is -0.830. The molecule has 18 heavy (non-hydrogen) atoms. The molecule has 0 spiro atoms. The minimum Gasteiger partial charge on any atom is -0.318 e. The van der Waals surface area contributed by atoms with E-state index in [1.54, 1.807) is 7.05 Å². The van der Waals surface area contributed by atoms with Crippen molar-refractivity contribution >= 4 is 22.4 Å². The molecule has 0 saturated heterocycles. The number of hydrogen-bond acceptors (Lipinski definition) is 3. The van der Waals surface area contributed by atoms with Crippen molar-refractivity contribution in [2.45, 2.75) is 4.90 Å². The van der Waals surface area contributed by atoms with E-state index in [-0.39, 0.29) is 19.0 Å². The number of sulfonamides is 1. The fourth-order valence-corrected chi connectivity index (χ4v) is 2.14. The van der Waals surface area contributed by atoms with E-state index in [0.29, 0.717) is 18.7 Å². The topological polar surface area (TPSA) is 58.2 Å². The third-order valence-electron chi connectivity index (χ3n) is 1.93. The summed E-state index contributed by atoms with van der Waals surface area (Å²) in [6.45, 7) is 0.408. The van der Waals surface area contributed by atoms with Gasteiger partial charge in [0.05, 0.1) is 4.90 Å². The first-order chi connectivity index (χ1) is 7.88. The van der Waals surface area contributed by atoms with E-state index in [0.717, 1.165) is 0 Å². The second-order valence-electron chi connectivity index (χ2n) is 3.20. The van der Waals surface area contributed by atoms with Gasteiger partial charge in [0.25, 0.3) is 0 Å². The van der Waals surface area contributed by atoms with Gasteiger partial charge in [0, 0.05) is 13.1 Å². The Kier molecular flexibility index (Phi) is 6.61. The smallest absolute Gasteiger partial charge is 0.240 e. The van der Waals surface area contributed by atoms with Gasteiger partial charge >= 0.3 is 0 Å². The first kappa shape index (κ1) is 17.2. The maximum absolute atomic E-state index is 12.8. The van der Waals surface area contributed by atoms with Gasteiger partial charge in [-0.05, 0) is 19.2 Å². The highest BCUT2D eigenvalue weighted by molar-refractivity contribution is 7.89. The van der Waals surface area contributed by atoms with E-state index in [4.69, 9.17) is 0 Å². The standard InChI is InChI=1S/C9H11F3N2O2S.ClH/c1-13-2-3-14-17(15,16)6-4-7(10)9(12)8(11)5-6;/h4-5,13-14H,2-3H2,1H3;1H. The van der Waals surface area contributed by atoms with Crippen molar-refractivity contribution in [2.75, 3.05) is 20.1 Å². The molecule has 0 atom stereocenters. The summed E-state index contributed by atoms with van der Waals surface area (Å²) < 4.78 is 63.5. The Labute approximate surface area is 109 Å². The maximum atomic E-state index is 12.8. The molecule has 0 saturated carbocycles. The van der Waals surface area contributed by atoms with Crippen LogP contribution in [-0.4, -0.2) is 28.6 Å². The summed E-state index contributed by atoms with van der Waals surface area (Å²) in [5.74, 6) is -4.78. The van der Waals surface area contributed by atoms with Crippen molar-refractivity contribution in [2.24, 2.45) is 0 Å². The van der Waals surface area contributed by atoms with Crippen LogP contribution in [0.15, 0.2) is 17.0 Å². The predicted molar refractivity (Wildman–Crippen MR) is 62.7 cm³/mol. The van der Waals surface area contributed by atoms with E-state index < -0.39 is 32.4 Å². The Morgan fingerprint density at radius 1 is 1.11 bits per heavy atom. The van der Waals surface area contributed by atoms with Crippen LogP contribution in [0, 0.1) is 17.5 Å². The van der Waals surface area contributed by atoms with Crippen LogP contribution in [-0.2, 0) is 10.0 Å². The average Bonchev–Trinajstić information content (AvgIpc) is 2.25. The van der Waals surface area contributed by atoms with Crippen LogP contribution in [0.4, 0.5) is 13.2 Å². The minimum absolute atomic E-state index is 0. The van der Waals surface area contributed by atoms with E-state index in [9.17, 15) is 21.6 Å². The Balaban J connectivity index is 0.00000289. The van der Waals surface area contributed by atoms with E-state index in [2.05, 4.69) is 10.0 Å². The molecule has 9 heteroatoms. The van der Waals surface area contributed by atoms with E-state index in [1.165, 1.54) is 0 Å². The lowest BCUT2D eigenvalue weighted by atomic mass is 10.3. The van der Waals surface area contributed by atoms with Gasteiger partial charge in [0.1, 0.15) is 0 Å². The molecule has 0 amide bonds. The van der Waals surface area contributed by atoms with Gasteiger partial charge in [0.2, 0.25) is 10.0 Å². The summed E-state index contributed by atoms with van der Waals surface area (Å²) in [5.41, 5.74) is 0. The number of nitrogens with one attached hydrogen (secondary N) is 2. The molecular formula is C9H12ClF3N2O2S. The lowest BCUT2D eigenvalue weighted by Crippen LogP contribution is -2.30. The molecule has 4 nitrogen and oxygen atoms in total. The molecule has 1 aromatic rings. The third kappa shape index (κ3) is 4.13. The summed E-state index contributed by atoms with van der Waals surface area (Å²) in [6, 6.07) is 0.861. The van der Waals surface area contributed by atoms with Crippen molar-refractivity contribution < 1.29 is 21.6 Å². The highest BCUT2D eigenvalue weighted by Gasteiger charge is 2.19. The summed E-state index contributed by atoms with van der Waals surface area (Å²) in [7, 11) is -2.41. The monoisotopic (exact) mass is 304 g/mol. The number of likely N-dealkylation sites (N-methyl/N-ethyl adjacent to an activating group) is 1. The zero-order valence-corrected chi connectivity index (χ0v) is 11.0. The van der Waals surface area contributed by atoms with Gasteiger partial charge in [-0.1, -0.05) is 0 Å². The SMILES string of the molecule is CNCCNS(=O)(=O)c1cc(F)c(F)c(F)c1.Cl. The van der Waals surface area contributed by atoms with Crippen molar-refractivity contribution in [3.63, 3.8) is 0 Å². The van der Waals surface area contributed by atoms with E-state index >= 15 is 0 Å². The first-order valence-electron chi connectivity index (χ1n) is 4.67. The summed E-state index contributed by atoms with van der Waals surface area (Å²) in [5, 5.41) is 2.69. The minimum atomic E-state index is -4.03. The van der Waals surface area contributed by atoms with Crippen LogP contribution in [0.1, 0.15) is 0 Å². The lowest BCUT2D eigenvalue weighted by Gasteiger charge is -2.07. The molecule has 0 radical (unpaired) electrons. The zero-order valence-electron chi connectivity index (χ0n) is 9.34. The summed E-state index contributed by atoms with van der Waals surface area (Å²) in [6.07, 6.45) is 0. The maximum Gasteiger partial charge on any atom is 0.240 e. The summed E-state index contributed by atoms with van der Waals surface area (Å²) >= 11 is 0. The molecule has 0 aliphatic carbocycles. The van der Waals surface area contributed by atoms with Crippen molar-refractivity contribution in [3.8, 4) is 0 Å². The van der Waals surface area contributed by atoms with E-state index in [1.807, 2.05) is 0 Å². The molecular weight excluding hydrogens is 293 g/mol. The molecule has 1 rings (SSSR count). The number of benzene rings is 1. The molecule has 104 valence electrons.